The van der Waals surface area contributed by atoms with E-state index in [0.29, 0.717) is 0 Å². The second-order valence-corrected chi connectivity index (χ2v) is 15.4. The molecule has 0 bridgehead atoms. The largest absolute Gasteiger partial charge is 0.140 e. The van der Waals surface area contributed by atoms with Gasteiger partial charge in [-0.25, -0.2) is 0 Å². The molecule has 0 amide bonds. The summed E-state index contributed by atoms with van der Waals surface area (Å²) in [5, 5.41) is 5.18. The maximum atomic E-state index is 2.36. The molecule has 0 N–H and O–H groups in total. The first kappa shape index (κ1) is 26.9. The van der Waals surface area contributed by atoms with Crippen LogP contribution < -0.4 is 0 Å². The molecule has 3 aromatic carbocycles. The molecule has 7 rings (SSSR count). The Kier molecular flexibility index (Phi) is 7.66. The van der Waals surface area contributed by atoms with Crippen molar-refractivity contribution in [1.29, 1.82) is 0 Å². The highest BCUT2D eigenvalue weighted by Crippen LogP contribution is 2.41. The highest BCUT2D eigenvalue weighted by Gasteiger charge is 2.11. The van der Waals surface area contributed by atoms with E-state index in [4.69, 9.17) is 0 Å². The van der Waals surface area contributed by atoms with Crippen molar-refractivity contribution >= 4 is 66.9 Å². The topological polar surface area (TPSA) is 0 Å². The predicted octanol–water partition coefficient (Wildman–Crippen LogP) is 13.3. The van der Waals surface area contributed by atoms with Gasteiger partial charge in [-0.3, -0.25) is 0 Å². The molecule has 4 heterocycles. The van der Waals surface area contributed by atoms with Crippen LogP contribution in [0.1, 0.15) is 42.4 Å². The maximum Gasteiger partial charge on any atom is 0.0449 e. The molecule has 204 valence electrons. The van der Waals surface area contributed by atoms with E-state index in [-0.39, 0.29) is 0 Å². The zero-order chi connectivity index (χ0) is 27.8. The number of benzene rings is 3. The van der Waals surface area contributed by atoms with E-state index in [9.17, 15) is 0 Å². The Labute approximate surface area is 258 Å². The van der Waals surface area contributed by atoms with Gasteiger partial charge in [0.2, 0.25) is 0 Å². The van der Waals surface area contributed by atoms with Crippen molar-refractivity contribution in [3.8, 4) is 40.4 Å². The van der Waals surface area contributed by atoms with Gasteiger partial charge in [0.25, 0.3) is 0 Å². The Morgan fingerprint density at radius 3 is 1.56 bits per heavy atom. The summed E-state index contributed by atoms with van der Waals surface area (Å²) in [5.41, 5.74) is 2.60. The van der Waals surface area contributed by atoms with Crippen LogP contribution in [0.5, 0.6) is 0 Å². The number of thiophene rings is 4. The summed E-state index contributed by atoms with van der Waals surface area (Å²) in [4.78, 5) is 11.0. The van der Waals surface area contributed by atoms with Crippen LogP contribution in [0.2, 0.25) is 0 Å². The second-order valence-electron chi connectivity index (χ2n) is 10.8. The van der Waals surface area contributed by atoms with Crippen LogP contribution in [0.4, 0.5) is 0 Å². The number of hydrogen-bond acceptors (Lipinski definition) is 4. The second kappa shape index (κ2) is 11.7. The molecule has 0 aliphatic carbocycles. The van der Waals surface area contributed by atoms with Crippen molar-refractivity contribution in [3.05, 3.63) is 107 Å². The van der Waals surface area contributed by atoms with Gasteiger partial charge in [0.15, 0.2) is 0 Å². The molecule has 0 fully saturated rings. The summed E-state index contributed by atoms with van der Waals surface area (Å²) in [6, 6.07) is 36.8. The first-order valence-electron chi connectivity index (χ1n) is 14.5. The lowest BCUT2D eigenvalue weighted by molar-refractivity contribution is 0.670. The fraction of sp³-hybridized carbons (Fsp3) is 0.189. The van der Waals surface area contributed by atoms with Crippen molar-refractivity contribution in [2.75, 3.05) is 0 Å². The lowest BCUT2D eigenvalue weighted by Crippen LogP contribution is -1.80. The highest BCUT2D eigenvalue weighted by molar-refractivity contribution is 7.24. The molecule has 41 heavy (non-hydrogen) atoms. The minimum absolute atomic E-state index is 1.21. The van der Waals surface area contributed by atoms with Gasteiger partial charge in [-0.2, -0.15) is 0 Å². The molecule has 0 aliphatic heterocycles. The third kappa shape index (κ3) is 5.72. The van der Waals surface area contributed by atoms with Gasteiger partial charge < -0.3 is 0 Å². The first-order chi connectivity index (χ1) is 20.1. The van der Waals surface area contributed by atoms with Gasteiger partial charge in [-0.05, 0) is 125 Å². The van der Waals surface area contributed by atoms with Crippen LogP contribution in [-0.2, 0) is 6.42 Å². The number of fused-ring (bicyclic) bond motifs is 2. The van der Waals surface area contributed by atoms with E-state index in [1.54, 1.807) is 0 Å². The van der Waals surface area contributed by atoms with E-state index >= 15 is 0 Å². The lowest BCUT2D eigenvalue weighted by Gasteiger charge is -2.07. The molecule has 4 heteroatoms. The zero-order valence-electron chi connectivity index (χ0n) is 23.4. The van der Waals surface area contributed by atoms with Gasteiger partial charge in [-0.15, -0.1) is 45.3 Å². The van der Waals surface area contributed by atoms with Crippen LogP contribution in [0.15, 0.2) is 97.1 Å². The fourth-order valence-electron chi connectivity index (χ4n) is 5.49. The molecular formula is C37H32S4. The minimum Gasteiger partial charge on any atom is -0.140 e. The van der Waals surface area contributed by atoms with Gasteiger partial charge >= 0.3 is 0 Å². The molecule has 0 aliphatic rings. The third-order valence-electron chi connectivity index (χ3n) is 7.74. The van der Waals surface area contributed by atoms with E-state index < -0.39 is 0 Å². The Hall–Kier alpha value is -3.02. The Bertz CT molecular complexity index is 1960. The minimum atomic E-state index is 1.21. The maximum absolute atomic E-state index is 2.36. The standard InChI is InChI=1S/C37H32S4/c1-3-4-5-6-7-31-13-15-35(39-31)37-19-17-33(41-37)28-12-10-26-20-29-22-27(11-9-25(29)21-30(26)23-28)32-16-18-36(40-32)34-14-8-24(2)38-34/h8-23H,3-7H2,1-2H3. The normalized spacial score (nSPS) is 11.7. The van der Waals surface area contributed by atoms with E-state index in [1.807, 2.05) is 45.3 Å². The molecule has 0 radical (unpaired) electrons. The Morgan fingerprint density at radius 1 is 0.439 bits per heavy atom. The fourth-order valence-corrected chi connectivity index (χ4v) is 9.60. The van der Waals surface area contributed by atoms with Crippen molar-refractivity contribution < 1.29 is 0 Å². The van der Waals surface area contributed by atoms with Crippen LogP contribution >= 0.6 is 45.3 Å². The zero-order valence-corrected chi connectivity index (χ0v) is 26.7. The number of aryl methyl sites for hydroxylation is 2. The third-order valence-corrected chi connectivity index (χ3v) is 12.5. The highest BCUT2D eigenvalue weighted by atomic mass is 32.1. The average molecular weight is 605 g/mol. The predicted molar refractivity (Wildman–Crippen MR) is 187 cm³/mol. The number of unbranched alkanes of at least 4 members (excludes halogenated alkanes) is 3. The molecule has 0 saturated carbocycles. The van der Waals surface area contributed by atoms with E-state index in [1.165, 1.54) is 104 Å². The van der Waals surface area contributed by atoms with Crippen molar-refractivity contribution in [2.24, 2.45) is 0 Å². The van der Waals surface area contributed by atoms with Gasteiger partial charge in [0.1, 0.15) is 0 Å². The molecular weight excluding hydrogens is 573 g/mol. The van der Waals surface area contributed by atoms with Crippen molar-refractivity contribution in [2.45, 2.75) is 46.0 Å². The number of hydrogen-bond donors (Lipinski definition) is 0. The molecule has 0 nitrogen and oxygen atoms in total. The number of rotatable bonds is 9. The quantitative estimate of drug-likeness (QED) is 0.114. The summed E-state index contributed by atoms with van der Waals surface area (Å²) < 4.78 is 0. The molecule has 7 aromatic rings. The van der Waals surface area contributed by atoms with Crippen molar-refractivity contribution in [1.82, 2.24) is 0 Å². The molecule has 0 saturated heterocycles. The first-order valence-corrected chi connectivity index (χ1v) is 17.7. The van der Waals surface area contributed by atoms with E-state index in [2.05, 4.69) is 111 Å². The van der Waals surface area contributed by atoms with Gasteiger partial charge in [0, 0.05) is 39.0 Å². The molecule has 4 aromatic heterocycles. The van der Waals surface area contributed by atoms with E-state index in [0.717, 1.165) is 0 Å². The summed E-state index contributed by atoms with van der Waals surface area (Å²) in [7, 11) is 0. The van der Waals surface area contributed by atoms with Crippen LogP contribution in [0.3, 0.4) is 0 Å². The SMILES string of the molecule is CCCCCCc1ccc(-c2ccc(-c3ccc4cc5cc(-c6ccc(-c7ccc(C)s7)s6)ccc5cc4c3)s2)s1. The summed E-state index contributed by atoms with van der Waals surface area (Å²) >= 11 is 7.63. The molecule has 0 atom stereocenters. The summed E-state index contributed by atoms with van der Waals surface area (Å²) in [6.07, 6.45) is 6.51. The Balaban J connectivity index is 1.12. The Morgan fingerprint density at radius 2 is 0.976 bits per heavy atom. The smallest absolute Gasteiger partial charge is 0.0449 e. The van der Waals surface area contributed by atoms with Crippen LogP contribution in [0, 0.1) is 6.92 Å². The summed E-state index contributed by atoms with van der Waals surface area (Å²) in [5.74, 6) is 0. The average Bonchev–Trinajstić information content (AvgIpc) is 3.81. The van der Waals surface area contributed by atoms with Gasteiger partial charge in [-0.1, -0.05) is 50.5 Å². The molecule has 0 spiro atoms. The van der Waals surface area contributed by atoms with Crippen molar-refractivity contribution in [3.63, 3.8) is 0 Å². The monoisotopic (exact) mass is 604 g/mol. The van der Waals surface area contributed by atoms with Gasteiger partial charge in [0.05, 0.1) is 0 Å². The summed E-state index contributed by atoms with van der Waals surface area (Å²) in [6.45, 7) is 4.45. The lowest BCUT2D eigenvalue weighted by atomic mass is 9.99. The van der Waals surface area contributed by atoms with Crippen LogP contribution in [0.25, 0.3) is 61.9 Å². The van der Waals surface area contributed by atoms with Crippen LogP contribution in [-0.4, -0.2) is 0 Å². The molecule has 0 unspecified atom stereocenters.